The van der Waals surface area contributed by atoms with Gasteiger partial charge in [0.15, 0.2) is 0 Å². The Morgan fingerprint density at radius 1 is 1.83 bits per heavy atom. The Balaban J connectivity index is 0. The van der Waals surface area contributed by atoms with Gasteiger partial charge in [-0.2, -0.15) is 0 Å². The third kappa shape index (κ3) is 39.0. The first-order valence-corrected chi connectivity index (χ1v) is 2.12. The van der Waals surface area contributed by atoms with Gasteiger partial charge in [0, 0.05) is 0 Å². The minimum atomic E-state index is 0.896. The molecule has 34 valence electrons. The summed E-state index contributed by atoms with van der Waals surface area (Å²) in [6, 6.07) is 0. The Kier molecular flexibility index (Phi) is 31.8. The molecule has 0 atom stereocenters. The minimum Gasteiger partial charge on any atom is -0.281 e. The van der Waals surface area contributed by atoms with Crippen LogP contribution in [0.4, 0.5) is 0 Å². The molecule has 0 N–H and O–H groups in total. The van der Waals surface area contributed by atoms with Crippen molar-refractivity contribution in [1.29, 1.82) is 0 Å². The quantitative estimate of drug-likeness (QED) is 0.372. The zero-order valence-electron chi connectivity index (χ0n) is 3.28. The van der Waals surface area contributed by atoms with E-state index in [1.165, 1.54) is 0 Å². The van der Waals surface area contributed by atoms with E-state index >= 15 is 0 Å². The average molecular weight is 124 g/mol. The SMILES string of the molecule is C=C[CH2][Mn].[C]=O. The summed E-state index contributed by atoms with van der Waals surface area (Å²) in [7, 11) is 0. The maximum atomic E-state index is 7.50. The van der Waals surface area contributed by atoms with Crippen molar-refractivity contribution in [1.82, 2.24) is 0 Å². The summed E-state index contributed by atoms with van der Waals surface area (Å²) in [6.07, 6.45) is 1.79. The summed E-state index contributed by atoms with van der Waals surface area (Å²) in [5.74, 6) is 0. The number of carbonyl (C=O) groups excluding carboxylic acids is 1. The fraction of sp³-hybridized carbons (Fsp3) is 0.250. The van der Waals surface area contributed by atoms with Crippen molar-refractivity contribution in [3.63, 3.8) is 0 Å². The third-order valence-electron chi connectivity index (χ3n) is 0.109. The molecule has 0 aliphatic rings. The normalized spacial score (nSPS) is 4.83. The van der Waals surface area contributed by atoms with Crippen LogP contribution in [0.3, 0.4) is 0 Å². The molecular formula is C4H5MnO. The number of rotatable bonds is 1. The summed E-state index contributed by atoms with van der Waals surface area (Å²) in [6.45, 7) is 7.93. The molecule has 0 amide bonds. The maximum Gasteiger partial charge on any atom is 0.281 e. The molecule has 0 aromatic carbocycles. The van der Waals surface area contributed by atoms with Crippen LogP contribution in [0.2, 0.25) is 5.32 Å². The summed E-state index contributed by atoms with van der Waals surface area (Å²) < 4.78 is 0. The van der Waals surface area contributed by atoms with Gasteiger partial charge in [-0.05, 0) is 0 Å². The molecule has 0 rings (SSSR count). The first kappa shape index (κ1) is 9.33. The van der Waals surface area contributed by atoms with Crippen molar-refractivity contribution < 1.29 is 20.8 Å². The van der Waals surface area contributed by atoms with Crippen LogP contribution in [0.5, 0.6) is 0 Å². The first-order chi connectivity index (χ1) is 2.91. The summed E-state index contributed by atoms with van der Waals surface area (Å²) >= 11 is 3.13. The molecule has 0 aliphatic heterocycles. The molecule has 0 aliphatic carbocycles. The fourth-order valence-electron chi connectivity index (χ4n) is 0. The van der Waals surface area contributed by atoms with Crippen molar-refractivity contribution in [3.05, 3.63) is 12.7 Å². The van der Waals surface area contributed by atoms with Crippen LogP contribution in [-0.2, 0) is 20.8 Å². The monoisotopic (exact) mass is 124 g/mol. The van der Waals surface area contributed by atoms with Gasteiger partial charge in [-0.15, -0.1) is 0 Å². The first-order valence-electron chi connectivity index (χ1n) is 1.29. The Bertz CT molecular complexity index is 28.7. The summed E-state index contributed by atoms with van der Waals surface area (Å²) in [4.78, 5) is 7.50. The minimum absolute atomic E-state index is 0.896. The molecule has 0 aromatic rings. The van der Waals surface area contributed by atoms with Crippen LogP contribution in [-0.4, -0.2) is 6.79 Å². The third-order valence-corrected chi connectivity index (χ3v) is 0.450. The summed E-state index contributed by atoms with van der Waals surface area (Å²) in [5.41, 5.74) is 0. The molecule has 6 heavy (non-hydrogen) atoms. The molecule has 0 bridgehead atoms. The molecule has 0 heterocycles. The van der Waals surface area contributed by atoms with Crippen molar-refractivity contribution in [2.24, 2.45) is 0 Å². The van der Waals surface area contributed by atoms with Gasteiger partial charge in [-0.3, -0.25) is 4.79 Å². The van der Waals surface area contributed by atoms with Crippen molar-refractivity contribution >= 4 is 6.79 Å². The van der Waals surface area contributed by atoms with Gasteiger partial charge in [-0.1, -0.05) is 0 Å². The van der Waals surface area contributed by atoms with E-state index in [1.807, 2.05) is 0 Å². The molecule has 0 saturated heterocycles. The van der Waals surface area contributed by atoms with Gasteiger partial charge in [0.2, 0.25) is 0 Å². The van der Waals surface area contributed by atoms with Crippen LogP contribution < -0.4 is 0 Å². The van der Waals surface area contributed by atoms with E-state index in [-0.39, 0.29) is 0 Å². The van der Waals surface area contributed by atoms with E-state index in [9.17, 15) is 0 Å². The van der Waals surface area contributed by atoms with E-state index in [0.29, 0.717) is 0 Å². The van der Waals surface area contributed by atoms with Crippen LogP contribution in [0.1, 0.15) is 0 Å². The molecule has 0 spiro atoms. The maximum absolute atomic E-state index is 7.50. The van der Waals surface area contributed by atoms with E-state index in [2.05, 4.69) is 29.4 Å². The Hall–Kier alpha value is -0.0705. The zero-order valence-corrected chi connectivity index (χ0v) is 4.46. The van der Waals surface area contributed by atoms with Crippen molar-refractivity contribution in [2.45, 2.75) is 5.32 Å². The summed E-state index contributed by atoms with van der Waals surface area (Å²) in [5, 5.41) is 0.896. The Morgan fingerprint density at radius 2 is 2.00 bits per heavy atom. The van der Waals surface area contributed by atoms with E-state index in [0.717, 1.165) is 5.32 Å². The van der Waals surface area contributed by atoms with Crippen LogP contribution in [0, 0.1) is 0 Å². The molecule has 0 aromatic heterocycles. The number of hydrogen-bond acceptors (Lipinski definition) is 1. The predicted molar refractivity (Wildman–Crippen MR) is 20.7 cm³/mol. The molecule has 2 radical (unpaired) electrons. The molecule has 2 heteroatoms. The van der Waals surface area contributed by atoms with Crippen LogP contribution in [0.15, 0.2) is 12.7 Å². The molecule has 1 nitrogen and oxygen atoms in total. The average Bonchev–Trinajstić information content (AvgIpc) is 1.72. The molecular weight excluding hydrogens is 119 g/mol. The van der Waals surface area contributed by atoms with Gasteiger partial charge in [0.1, 0.15) is 0 Å². The van der Waals surface area contributed by atoms with Gasteiger partial charge in [-0.25, -0.2) is 0 Å². The zero-order chi connectivity index (χ0) is 5.41. The van der Waals surface area contributed by atoms with E-state index in [1.54, 1.807) is 6.08 Å². The van der Waals surface area contributed by atoms with Gasteiger partial charge in [0.05, 0.1) is 0 Å². The largest absolute Gasteiger partial charge is 0.281 e. The van der Waals surface area contributed by atoms with Gasteiger partial charge >= 0.3 is 34.0 Å². The number of hydrogen-bond donors (Lipinski definition) is 0. The second kappa shape index (κ2) is 20.4. The molecule has 0 fully saturated rings. The second-order valence-corrected chi connectivity index (χ2v) is 0.925. The van der Waals surface area contributed by atoms with E-state index in [4.69, 9.17) is 4.79 Å². The predicted octanol–water partition coefficient (Wildman–Crippen LogP) is 0.740. The Morgan fingerprint density at radius 3 is 2.00 bits per heavy atom. The standard InChI is InChI=1S/C3H5.CO.Mn/c1-3-2;1-2;/h3H,1-2H2;;. The van der Waals surface area contributed by atoms with Crippen LogP contribution in [0.25, 0.3) is 0 Å². The topological polar surface area (TPSA) is 17.1 Å². The smallest absolute Gasteiger partial charge is 0.281 e. The second-order valence-electron chi connectivity index (χ2n) is 0.443. The van der Waals surface area contributed by atoms with Gasteiger partial charge in [0.25, 0.3) is 6.79 Å². The molecule has 0 unspecified atom stereocenters. The van der Waals surface area contributed by atoms with E-state index < -0.39 is 0 Å². The molecule has 0 saturated carbocycles. The van der Waals surface area contributed by atoms with Crippen molar-refractivity contribution in [2.75, 3.05) is 0 Å². The number of allylic oxidation sites excluding steroid dienone is 1. The fourth-order valence-corrected chi connectivity index (χ4v) is 0. The van der Waals surface area contributed by atoms with Gasteiger partial charge < -0.3 is 0 Å². The van der Waals surface area contributed by atoms with Crippen LogP contribution >= 0.6 is 0 Å². The van der Waals surface area contributed by atoms with Crippen molar-refractivity contribution in [3.8, 4) is 0 Å². The Labute approximate surface area is 46.2 Å².